The van der Waals surface area contributed by atoms with Gasteiger partial charge in [0.05, 0.1) is 6.54 Å². The molecule has 2 unspecified atom stereocenters. The number of hydrogen-bond acceptors (Lipinski definition) is 3. The molecule has 18 heavy (non-hydrogen) atoms. The largest absolute Gasteiger partial charge is 0.349 e. The van der Waals surface area contributed by atoms with Crippen molar-refractivity contribution < 1.29 is 4.79 Å². The lowest BCUT2D eigenvalue weighted by Gasteiger charge is -2.16. The van der Waals surface area contributed by atoms with Crippen LogP contribution in [0.4, 0.5) is 0 Å². The van der Waals surface area contributed by atoms with E-state index < -0.39 is 0 Å². The predicted octanol–water partition coefficient (Wildman–Crippen LogP) is 1.14. The molecule has 0 saturated heterocycles. The zero-order chi connectivity index (χ0) is 13.7. The van der Waals surface area contributed by atoms with Gasteiger partial charge in [-0.3, -0.25) is 4.79 Å². The molecule has 5 nitrogen and oxygen atoms in total. The zero-order valence-electron chi connectivity index (χ0n) is 11.7. The first kappa shape index (κ1) is 14.7. The Balaban J connectivity index is 2.53. The van der Waals surface area contributed by atoms with Gasteiger partial charge in [0.15, 0.2) is 0 Å². The highest BCUT2D eigenvalue weighted by Crippen LogP contribution is 2.05. The highest BCUT2D eigenvalue weighted by atomic mass is 16.1. The molecule has 0 aliphatic rings. The minimum atomic E-state index is -0.182. The van der Waals surface area contributed by atoms with E-state index in [0.717, 1.165) is 12.4 Å². The fraction of sp³-hybridized carbons (Fsp3) is 0.692. The van der Waals surface area contributed by atoms with Crippen LogP contribution < -0.4 is 11.1 Å². The number of amides is 1. The van der Waals surface area contributed by atoms with Gasteiger partial charge in [-0.1, -0.05) is 20.8 Å². The van der Waals surface area contributed by atoms with Crippen LogP contribution in [0.25, 0.3) is 0 Å². The van der Waals surface area contributed by atoms with Crippen molar-refractivity contribution >= 4 is 5.91 Å². The van der Waals surface area contributed by atoms with Gasteiger partial charge in [-0.05, 0) is 12.8 Å². The Kier molecular flexibility index (Phi) is 5.34. The van der Waals surface area contributed by atoms with Crippen LogP contribution in [0, 0.1) is 11.8 Å². The highest BCUT2D eigenvalue weighted by molar-refractivity contribution is 5.78. The average molecular weight is 252 g/mol. The SMILES string of the molecule is CC(C)Cn1ccnc1CNC(=O)C(C)C(C)N. The van der Waals surface area contributed by atoms with Crippen LogP contribution in [0.2, 0.25) is 0 Å². The van der Waals surface area contributed by atoms with Gasteiger partial charge in [-0.2, -0.15) is 0 Å². The second kappa shape index (κ2) is 6.54. The lowest BCUT2D eigenvalue weighted by Crippen LogP contribution is -2.38. The molecule has 0 spiro atoms. The molecule has 0 bridgehead atoms. The molecule has 2 atom stereocenters. The van der Waals surface area contributed by atoms with Crippen molar-refractivity contribution in [1.82, 2.24) is 14.9 Å². The summed E-state index contributed by atoms with van der Waals surface area (Å²) in [5.41, 5.74) is 5.70. The number of nitrogens with zero attached hydrogens (tertiary/aromatic N) is 2. The topological polar surface area (TPSA) is 72.9 Å². The van der Waals surface area contributed by atoms with E-state index in [0.29, 0.717) is 12.5 Å². The maximum Gasteiger partial charge on any atom is 0.224 e. The molecule has 0 radical (unpaired) electrons. The van der Waals surface area contributed by atoms with E-state index in [2.05, 4.69) is 28.7 Å². The second-order valence-corrected chi connectivity index (χ2v) is 5.26. The van der Waals surface area contributed by atoms with Gasteiger partial charge >= 0.3 is 0 Å². The Morgan fingerprint density at radius 2 is 2.11 bits per heavy atom. The fourth-order valence-corrected chi connectivity index (χ4v) is 1.63. The molecule has 0 aromatic carbocycles. The molecule has 0 fully saturated rings. The Morgan fingerprint density at radius 1 is 1.44 bits per heavy atom. The molecule has 1 rings (SSSR count). The normalized spacial score (nSPS) is 14.6. The third-order valence-corrected chi connectivity index (χ3v) is 2.99. The summed E-state index contributed by atoms with van der Waals surface area (Å²) in [4.78, 5) is 16.0. The van der Waals surface area contributed by atoms with Crippen molar-refractivity contribution in [1.29, 1.82) is 0 Å². The molecule has 102 valence electrons. The molecule has 0 aliphatic heterocycles. The maximum atomic E-state index is 11.8. The number of imidazole rings is 1. The predicted molar refractivity (Wildman–Crippen MR) is 71.7 cm³/mol. The van der Waals surface area contributed by atoms with E-state index in [9.17, 15) is 4.79 Å². The minimum Gasteiger partial charge on any atom is -0.349 e. The molecule has 1 amide bonds. The molecule has 0 aliphatic carbocycles. The van der Waals surface area contributed by atoms with E-state index >= 15 is 0 Å². The van der Waals surface area contributed by atoms with Crippen molar-refractivity contribution in [3.05, 3.63) is 18.2 Å². The number of nitrogens with one attached hydrogen (secondary N) is 1. The lowest BCUT2D eigenvalue weighted by molar-refractivity contribution is -0.125. The van der Waals surface area contributed by atoms with Crippen LogP contribution in [0.1, 0.15) is 33.5 Å². The van der Waals surface area contributed by atoms with E-state index in [1.165, 1.54) is 0 Å². The van der Waals surface area contributed by atoms with Gasteiger partial charge in [-0.15, -0.1) is 0 Å². The summed E-state index contributed by atoms with van der Waals surface area (Å²) in [7, 11) is 0. The summed E-state index contributed by atoms with van der Waals surface area (Å²) in [6.45, 7) is 9.34. The quantitative estimate of drug-likeness (QED) is 0.797. The monoisotopic (exact) mass is 252 g/mol. The first-order valence-electron chi connectivity index (χ1n) is 6.45. The van der Waals surface area contributed by atoms with E-state index in [-0.39, 0.29) is 17.9 Å². The van der Waals surface area contributed by atoms with Gasteiger partial charge < -0.3 is 15.6 Å². The van der Waals surface area contributed by atoms with E-state index in [1.54, 1.807) is 6.20 Å². The third kappa shape index (κ3) is 4.14. The van der Waals surface area contributed by atoms with E-state index in [4.69, 9.17) is 5.73 Å². The number of aromatic nitrogens is 2. The summed E-state index contributed by atoms with van der Waals surface area (Å²) >= 11 is 0. The lowest BCUT2D eigenvalue weighted by atomic mass is 10.0. The van der Waals surface area contributed by atoms with Gasteiger partial charge in [0.25, 0.3) is 0 Å². The van der Waals surface area contributed by atoms with Gasteiger partial charge in [0.1, 0.15) is 5.82 Å². The molecule has 1 aromatic heterocycles. The van der Waals surface area contributed by atoms with Crippen LogP contribution in [0.3, 0.4) is 0 Å². The van der Waals surface area contributed by atoms with Crippen LogP contribution in [0.15, 0.2) is 12.4 Å². The van der Waals surface area contributed by atoms with Crippen LogP contribution >= 0.6 is 0 Å². The smallest absolute Gasteiger partial charge is 0.224 e. The summed E-state index contributed by atoms with van der Waals surface area (Å²) in [6, 6.07) is -0.139. The number of hydrogen-bond donors (Lipinski definition) is 2. The van der Waals surface area contributed by atoms with Crippen LogP contribution in [0.5, 0.6) is 0 Å². The number of carbonyl (C=O) groups excluding carboxylic acids is 1. The van der Waals surface area contributed by atoms with Crippen molar-refractivity contribution in [3.63, 3.8) is 0 Å². The third-order valence-electron chi connectivity index (χ3n) is 2.99. The Labute approximate surface area is 109 Å². The van der Waals surface area contributed by atoms with Gasteiger partial charge in [0.2, 0.25) is 5.91 Å². The number of rotatable bonds is 6. The molecule has 1 aromatic rings. The van der Waals surface area contributed by atoms with Crippen molar-refractivity contribution in [3.8, 4) is 0 Å². The average Bonchev–Trinajstić information content (AvgIpc) is 2.71. The highest BCUT2D eigenvalue weighted by Gasteiger charge is 2.17. The standard InChI is InChI=1S/C13H24N4O/c1-9(2)8-17-6-5-15-12(17)7-16-13(18)10(3)11(4)14/h5-6,9-11H,7-8,14H2,1-4H3,(H,16,18). The molecule has 5 heteroatoms. The van der Waals surface area contributed by atoms with Crippen LogP contribution in [-0.4, -0.2) is 21.5 Å². The molecule has 0 saturated carbocycles. The Morgan fingerprint density at radius 3 is 2.67 bits per heavy atom. The molecule has 1 heterocycles. The molecule has 3 N–H and O–H groups in total. The van der Waals surface area contributed by atoms with Crippen LogP contribution in [-0.2, 0) is 17.9 Å². The van der Waals surface area contributed by atoms with E-state index in [1.807, 2.05) is 20.0 Å². The minimum absolute atomic E-state index is 0.0240. The molecular formula is C13H24N4O. The Hall–Kier alpha value is -1.36. The maximum absolute atomic E-state index is 11.8. The summed E-state index contributed by atoms with van der Waals surface area (Å²) < 4.78 is 2.07. The number of carbonyl (C=O) groups is 1. The van der Waals surface area contributed by atoms with Crippen molar-refractivity contribution in [2.45, 2.75) is 46.8 Å². The Bertz CT molecular complexity index is 384. The fourth-order valence-electron chi connectivity index (χ4n) is 1.63. The first-order valence-corrected chi connectivity index (χ1v) is 6.45. The van der Waals surface area contributed by atoms with Gasteiger partial charge in [-0.25, -0.2) is 4.98 Å². The van der Waals surface area contributed by atoms with Crippen molar-refractivity contribution in [2.24, 2.45) is 17.6 Å². The number of nitrogens with two attached hydrogens (primary N) is 1. The summed E-state index contributed by atoms with van der Waals surface area (Å²) in [6.07, 6.45) is 3.70. The zero-order valence-corrected chi connectivity index (χ0v) is 11.7. The summed E-state index contributed by atoms with van der Waals surface area (Å²) in [5, 5.41) is 2.88. The van der Waals surface area contributed by atoms with Crippen molar-refractivity contribution in [2.75, 3.05) is 0 Å². The van der Waals surface area contributed by atoms with Gasteiger partial charge in [0, 0.05) is 30.9 Å². The second-order valence-electron chi connectivity index (χ2n) is 5.26. The summed E-state index contributed by atoms with van der Waals surface area (Å²) in [5.74, 6) is 1.23. The first-order chi connectivity index (χ1) is 8.41. The molecular weight excluding hydrogens is 228 g/mol.